The van der Waals surface area contributed by atoms with Gasteiger partial charge in [-0.2, -0.15) is 0 Å². The predicted octanol–water partition coefficient (Wildman–Crippen LogP) is 3.65. The van der Waals surface area contributed by atoms with Crippen LogP contribution in [0.2, 0.25) is 0 Å². The van der Waals surface area contributed by atoms with Crippen molar-refractivity contribution in [1.29, 1.82) is 0 Å². The molecule has 1 saturated heterocycles. The first kappa shape index (κ1) is 20.4. The minimum atomic E-state index is -0.631. The van der Waals surface area contributed by atoms with Crippen molar-refractivity contribution < 1.29 is 23.9 Å². The summed E-state index contributed by atoms with van der Waals surface area (Å²) >= 11 is 0. The summed E-state index contributed by atoms with van der Waals surface area (Å²) in [4.78, 5) is 51.9. The number of imide groups is 1. The van der Waals surface area contributed by atoms with Gasteiger partial charge in [-0.3, -0.25) is 19.3 Å². The Labute approximate surface area is 185 Å². The molecule has 1 aliphatic heterocycles. The average Bonchev–Trinajstić information content (AvgIpc) is 3.47. The summed E-state index contributed by atoms with van der Waals surface area (Å²) in [6.07, 6.45) is 4.99. The predicted molar refractivity (Wildman–Crippen MR) is 117 cm³/mol. The Morgan fingerprint density at radius 1 is 0.938 bits per heavy atom. The smallest absolute Gasteiger partial charge is 0.338 e. The molecule has 1 saturated carbocycles. The molecule has 6 heteroatoms. The number of nitrogens with zero attached hydrogens (tertiary/aromatic N) is 1. The number of carbonyl (C=O) groups is 4. The summed E-state index contributed by atoms with van der Waals surface area (Å²) in [6.45, 7) is 3.38. The number of carbonyl (C=O) groups excluding carboxylic acids is 4. The number of esters is 1. The minimum Gasteiger partial charge on any atom is -0.454 e. The molecular weight excluding hydrogens is 406 g/mol. The Morgan fingerprint density at radius 3 is 2.19 bits per heavy atom. The van der Waals surface area contributed by atoms with E-state index in [1.807, 2.05) is 26.0 Å². The van der Waals surface area contributed by atoms with Gasteiger partial charge in [0.2, 0.25) is 17.6 Å². The van der Waals surface area contributed by atoms with E-state index in [0.717, 1.165) is 17.5 Å². The number of fused-ring (bicyclic) bond motifs is 5. The molecule has 1 heterocycles. The number of aryl methyl sites for hydroxylation is 2. The normalized spacial score (nSPS) is 25.4. The van der Waals surface area contributed by atoms with E-state index in [0.29, 0.717) is 11.3 Å². The van der Waals surface area contributed by atoms with Gasteiger partial charge >= 0.3 is 5.97 Å². The van der Waals surface area contributed by atoms with Crippen LogP contribution in [0.1, 0.15) is 38.3 Å². The third kappa shape index (κ3) is 3.18. The van der Waals surface area contributed by atoms with Gasteiger partial charge in [-0.1, -0.05) is 29.8 Å². The quantitative estimate of drug-likeness (QED) is 0.314. The highest BCUT2D eigenvalue weighted by Gasteiger charge is 2.59. The maximum atomic E-state index is 12.9. The number of anilines is 1. The molecular formula is C26H23NO5. The second-order valence-corrected chi connectivity index (χ2v) is 8.88. The van der Waals surface area contributed by atoms with Crippen molar-refractivity contribution in [2.45, 2.75) is 20.3 Å². The monoisotopic (exact) mass is 429 g/mol. The Bertz CT molecular complexity index is 1150. The summed E-state index contributed by atoms with van der Waals surface area (Å²) in [7, 11) is 0. The molecule has 2 aliphatic carbocycles. The fraction of sp³-hybridized carbons (Fsp3) is 0.308. The Balaban J connectivity index is 1.25. The van der Waals surface area contributed by atoms with E-state index in [1.54, 1.807) is 18.2 Å². The topological polar surface area (TPSA) is 80.8 Å². The first-order valence-corrected chi connectivity index (χ1v) is 10.8. The van der Waals surface area contributed by atoms with E-state index in [1.165, 1.54) is 17.0 Å². The number of ether oxygens (including phenoxy) is 1. The zero-order valence-electron chi connectivity index (χ0n) is 17.9. The van der Waals surface area contributed by atoms with Crippen molar-refractivity contribution in [3.8, 4) is 0 Å². The third-order valence-corrected chi connectivity index (χ3v) is 6.86. The molecule has 2 amide bonds. The standard InChI is InChI=1S/C26H23NO5/c1-14-3-4-15(2)20(11-14)21(28)13-32-26(31)16-7-9-19(10-8-16)27-24(29)22-17-5-6-18(12-17)23(22)25(27)30/h3-11,17-18,22-23H,12-13H2,1-2H3/t17-,18+,22-,23-/m0/s1. The van der Waals surface area contributed by atoms with Crippen LogP contribution in [0.25, 0.3) is 0 Å². The van der Waals surface area contributed by atoms with E-state index < -0.39 is 5.97 Å². The molecule has 32 heavy (non-hydrogen) atoms. The van der Waals surface area contributed by atoms with Crippen LogP contribution in [0.5, 0.6) is 0 Å². The molecule has 6 nitrogen and oxygen atoms in total. The molecule has 2 fully saturated rings. The van der Waals surface area contributed by atoms with Crippen LogP contribution in [0.4, 0.5) is 5.69 Å². The van der Waals surface area contributed by atoms with Gasteiger partial charge in [0.25, 0.3) is 0 Å². The summed E-state index contributed by atoms with van der Waals surface area (Å²) in [5.74, 6) is -1.45. The lowest BCUT2D eigenvalue weighted by Crippen LogP contribution is -2.32. The van der Waals surface area contributed by atoms with E-state index in [4.69, 9.17) is 4.74 Å². The highest BCUT2D eigenvalue weighted by Crippen LogP contribution is 2.53. The van der Waals surface area contributed by atoms with Crippen LogP contribution in [0.15, 0.2) is 54.6 Å². The van der Waals surface area contributed by atoms with Gasteiger partial charge in [0, 0.05) is 5.56 Å². The van der Waals surface area contributed by atoms with Crippen LogP contribution in [-0.2, 0) is 14.3 Å². The molecule has 0 aromatic heterocycles. The van der Waals surface area contributed by atoms with Crippen LogP contribution >= 0.6 is 0 Å². The van der Waals surface area contributed by atoms with Crippen LogP contribution < -0.4 is 4.90 Å². The van der Waals surface area contributed by atoms with Crippen LogP contribution in [-0.4, -0.2) is 30.2 Å². The van der Waals surface area contributed by atoms with Crippen molar-refractivity contribution in [2.24, 2.45) is 23.7 Å². The molecule has 162 valence electrons. The number of ketones is 1. The van der Waals surface area contributed by atoms with Crippen molar-refractivity contribution in [2.75, 3.05) is 11.5 Å². The zero-order chi connectivity index (χ0) is 22.6. The van der Waals surface area contributed by atoms with E-state index in [2.05, 4.69) is 12.2 Å². The lowest BCUT2D eigenvalue weighted by atomic mass is 9.85. The molecule has 3 aliphatic rings. The summed E-state index contributed by atoms with van der Waals surface area (Å²) in [5, 5.41) is 0. The zero-order valence-corrected chi connectivity index (χ0v) is 17.9. The van der Waals surface area contributed by atoms with E-state index in [-0.39, 0.29) is 53.4 Å². The van der Waals surface area contributed by atoms with E-state index in [9.17, 15) is 19.2 Å². The Kier molecular flexibility index (Phi) is 4.81. The summed E-state index contributed by atoms with van der Waals surface area (Å²) in [5.41, 5.74) is 3.03. The van der Waals surface area contributed by atoms with Gasteiger partial charge in [0.1, 0.15) is 0 Å². The fourth-order valence-electron chi connectivity index (χ4n) is 5.23. The fourth-order valence-corrected chi connectivity index (χ4v) is 5.23. The minimum absolute atomic E-state index is 0.148. The number of rotatable bonds is 5. The first-order valence-electron chi connectivity index (χ1n) is 10.8. The largest absolute Gasteiger partial charge is 0.454 e. The molecule has 0 spiro atoms. The maximum Gasteiger partial charge on any atom is 0.338 e. The van der Waals surface area contributed by atoms with Crippen molar-refractivity contribution >= 4 is 29.3 Å². The molecule has 5 rings (SSSR count). The lowest BCUT2D eigenvalue weighted by Gasteiger charge is -2.17. The number of hydrogen-bond acceptors (Lipinski definition) is 5. The number of hydrogen-bond donors (Lipinski definition) is 0. The maximum absolute atomic E-state index is 12.9. The number of allylic oxidation sites excluding steroid dienone is 2. The number of benzene rings is 2. The SMILES string of the molecule is Cc1ccc(C)c(C(=O)COC(=O)c2ccc(N3C(=O)[C@@H]4[C@@H](C3=O)[C@H]3C=C[C@@H]4C3)cc2)c1. The molecule has 2 bridgehead atoms. The van der Waals surface area contributed by atoms with E-state index >= 15 is 0 Å². The van der Waals surface area contributed by atoms with Crippen LogP contribution in [0, 0.1) is 37.5 Å². The highest BCUT2D eigenvalue weighted by molar-refractivity contribution is 6.22. The molecule has 0 radical (unpaired) electrons. The molecule has 2 aromatic rings. The van der Waals surface area contributed by atoms with Gasteiger partial charge in [-0.05, 0) is 68.0 Å². The van der Waals surface area contributed by atoms with Crippen molar-refractivity contribution in [1.82, 2.24) is 0 Å². The molecule has 0 N–H and O–H groups in total. The van der Waals surface area contributed by atoms with Crippen molar-refractivity contribution in [3.05, 3.63) is 76.9 Å². The van der Waals surface area contributed by atoms with Crippen molar-refractivity contribution in [3.63, 3.8) is 0 Å². The summed E-state index contributed by atoms with van der Waals surface area (Å²) in [6, 6.07) is 11.7. The second kappa shape index (κ2) is 7.55. The highest BCUT2D eigenvalue weighted by atomic mass is 16.5. The second-order valence-electron chi connectivity index (χ2n) is 8.88. The van der Waals surface area contributed by atoms with Gasteiger partial charge in [-0.15, -0.1) is 0 Å². The lowest BCUT2D eigenvalue weighted by molar-refractivity contribution is -0.123. The average molecular weight is 429 g/mol. The number of amides is 2. The van der Waals surface area contributed by atoms with Gasteiger partial charge in [0.05, 0.1) is 23.1 Å². The molecule has 4 atom stereocenters. The third-order valence-electron chi connectivity index (χ3n) is 6.86. The van der Waals surface area contributed by atoms with Gasteiger partial charge in [-0.25, -0.2) is 4.79 Å². The van der Waals surface area contributed by atoms with Gasteiger partial charge < -0.3 is 4.74 Å². The molecule has 0 unspecified atom stereocenters. The first-order chi connectivity index (χ1) is 15.3. The molecule has 2 aromatic carbocycles. The Morgan fingerprint density at radius 2 is 1.56 bits per heavy atom. The van der Waals surface area contributed by atoms with Crippen LogP contribution in [0.3, 0.4) is 0 Å². The Hall–Kier alpha value is -3.54. The summed E-state index contributed by atoms with van der Waals surface area (Å²) < 4.78 is 5.20. The number of Topliss-reactive ketones (excluding diaryl/α,β-unsaturated/α-hetero) is 1. The van der Waals surface area contributed by atoms with Gasteiger partial charge in [0.15, 0.2) is 6.61 Å².